The SMILES string of the molecule is O=C(Nc1cc(F)cc(F)c1)C1CNNC1S(=O)(=O)Nc1ccc(F)cc1. The smallest absolute Gasteiger partial charge is 0.250 e. The van der Waals surface area contributed by atoms with E-state index >= 15 is 0 Å². The van der Waals surface area contributed by atoms with E-state index in [0.29, 0.717) is 6.07 Å². The average Bonchev–Trinajstić information content (AvgIpc) is 3.06. The molecule has 2 aromatic rings. The van der Waals surface area contributed by atoms with Gasteiger partial charge >= 0.3 is 0 Å². The summed E-state index contributed by atoms with van der Waals surface area (Å²) in [6, 6.07) is 7.11. The maximum Gasteiger partial charge on any atom is 0.250 e. The maximum absolute atomic E-state index is 13.2. The summed E-state index contributed by atoms with van der Waals surface area (Å²) in [4.78, 5) is 12.4. The molecule has 1 amide bonds. The Hall–Kier alpha value is -2.63. The van der Waals surface area contributed by atoms with Crippen molar-refractivity contribution in [2.45, 2.75) is 5.37 Å². The van der Waals surface area contributed by atoms with Crippen molar-refractivity contribution in [1.82, 2.24) is 10.9 Å². The molecule has 1 aliphatic heterocycles. The summed E-state index contributed by atoms with van der Waals surface area (Å²) < 4.78 is 66.8. The van der Waals surface area contributed by atoms with Crippen LogP contribution in [0.2, 0.25) is 0 Å². The zero-order chi connectivity index (χ0) is 19.6. The zero-order valence-electron chi connectivity index (χ0n) is 13.7. The lowest BCUT2D eigenvalue weighted by Gasteiger charge is -2.19. The molecule has 2 atom stereocenters. The van der Waals surface area contributed by atoms with Gasteiger partial charge in [0.1, 0.15) is 17.5 Å². The van der Waals surface area contributed by atoms with Crippen LogP contribution in [-0.2, 0) is 14.8 Å². The fourth-order valence-electron chi connectivity index (χ4n) is 2.61. The van der Waals surface area contributed by atoms with Gasteiger partial charge in [0, 0.05) is 24.0 Å². The van der Waals surface area contributed by atoms with Crippen LogP contribution in [0.4, 0.5) is 24.5 Å². The first-order chi connectivity index (χ1) is 12.7. The van der Waals surface area contributed by atoms with E-state index in [2.05, 4.69) is 20.9 Å². The number of hydrazine groups is 1. The summed E-state index contributed by atoms with van der Waals surface area (Å²) in [6.07, 6.45) is 0. The monoisotopic (exact) mass is 400 g/mol. The molecule has 27 heavy (non-hydrogen) atoms. The van der Waals surface area contributed by atoms with Crippen molar-refractivity contribution in [2.75, 3.05) is 16.6 Å². The Balaban J connectivity index is 1.75. The highest BCUT2D eigenvalue weighted by atomic mass is 32.2. The highest BCUT2D eigenvalue weighted by Crippen LogP contribution is 2.21. The lowest BCUT2D eigenvalue weighted by molar-refractivity contribution is -0.119. The number of nitrogens with one attached hydrogen (secondary N) is 4. The Bertz CT molecular complexity index is 934. The summed E-state index contributed by atoms with van der Waals surface area (Å²) in [5.41, 5.74) is 5.05. The molecule has 1 aliphatic rings. The topological polar surface area (TPSA) is 99.3 Å². The van der Waals surface area contributed by atoms with Crippen molar-refractivity contribution in [3.05, 3.63) is 59.9 Å². The van der Waals surface area contributed by atoms with Crippen LogP contribution in [0.15, 0.2) is 42.5 Å². The summed E-state index contributed by atoms with van der Waals surface area (Å²) in [7, 11) is -4.08. The van der Waals surface area contributed by atoms with E-state index in [1.807, 2.05) is 0 Å². The van der Waals surface area contributed by atoms with Crippen LogP contribution in [0.5, 0.6) is 0 Å². The molecule has 11 heteroatoms. The van der Waals surface area contributed by atoms with Gasteiger partial charge in [-0.25, -0.2) is 27.0 Å². The molecule has 2 aromatic carbocycles. The molecule has 1 saturated heterocycles. The first-order valence-corrected chi connectivity index (χ1v) is 9.32. The van der Waals surface area contributed by atoms with Gasteiger partial charge in [0.05, 0.1) is 5.92 Å². The van der Waals surface area contributed by atoms with Crippen LogP contribution in [0, 0.1) is 23.4 Å². The number of hydrogen-bond acceptors (Lipinski definition) is 5. The van der Waals surface area contributed by atoms with Crippen LogP contribution in [0.1, 0.15) is 0 Å². The number of rotatable bonds is 5. The second-order valence-electron chi connectivity index (χ2n) is 5.85. The van der Waals surface area contributed by atoms with Crippen molar-refractivity contribution in [3.63, 3.8) is 0 Å². The number of amides is 1. The first-order valence-electron chi connectivity index (χ1n) is 7.77. The third-order valence-electron chi connectivity index (χ3n) is 3.84. The molecule has 1 fully saturated rings. The van der Waals surface area contributed by atoms with Crippen LogP contribution in [-0.4, -0.2) is 26.2 Å². The molecular weight excluding hydrogens is 385 g/mol. The van der Waals surface area contributed by atoms with E-state index in [0.717, 1.165) is 24.3 Å². The largest absolute Gasteiger partial charge is 0.326 e. The van der Waals surface area contributed by atoms with Gasteiger partial charge < -0.3 is 5.32 Å². The van der Waals surface area contributed by atoms with Crippen LogP contribution >= 0.6 is 0 Å². The van der Waals surface area contributed by atoms with E-state index in [1.54, 1.807) is 0 Å². The number of carbonyl (C=O) groups is 1. The molecular formula is C16H15F3N4O3S. The van der Waals surface area contributed by atoms with Crippen LogP contribution in [0.3, 0.4) is 0 Å². The highest BCUT2D eigenvalue weighted by Gasteiger charge is 2.42. The Kier molecular flexibility index (Phi) is 5.35. The standard InChI is InChI=1S/C16H15F3N4O3S/c17-9-1-3-12(4-2-9)23-27(25,26)16-14(8-20-22-16)15(24)21-13-6-10(18)5-11(19)7-13/h1-7,14,16,20,22-23H,8H2,(H,21,24). The summed E-state index contributed by atoms with van der Waals surface area (Å²) in [6.45, 7) is -0.0291. The molecule has 0 saturated carbocycles. The number of carbonyl (C=O) groups excluding carboxylic acids is 1. The van der Waals surface area contributed by atoms with Gasteiger partial charge in [0.15, 0.2) is 5.37 Å². The molecule has 0 bridgehead atoms. The summed E-state index contributed by atoms with van der Waals surface area (Å²) >= 11 is 0. The molecule has 0 spiro atoms. The third-order valence-corrected chi connectivity index (χ3v) is 5.47. The molecule has 1 heterocycles. The maximum atomic E-state index is 13.2. The lowest BCUT2D eigenvalue weighted by atomic mass is 10.1. The quantitative estimate of drug-likeness (QED) is 0.610. The second-order valence-corrected chi connectivity index (χ2v) is 7.66. The lowest BCUT2D eigenvalue weighted by Crippen LogP contribution is -2.45. The van der Waals surface area contributed by atoms with Gasteiger partial charge in [-0.2, -0.15) is 0 Å². The molecule has 144 valence electrons. The van der Waals surface area contributed by atoms with Crippen LogP contribution < -0.4 is 20.9 Å². The Morgan fingerprint density at radius 2 is 1.59 bits per heavy atom. The molecule has 0 radical (unpaired) electrons. The van der Waals surface area contributed by atoms with Crippen molar-refractivity contribution in [2.24, 2.45) is 5.92 Å². The molecule has 2 unspecified atom stereocenters. The Labute approximate surface area is 153 Å². The normalized spacial score (nSPS) is 19.7. The summed E-state index contributed by atoms with van der Waals surface area (Å²) in [5, 5.41) is 0.938. The van der Waals surface area contributed by atoms with E-state index in [-0.39, 0.29) is 17.9 Å². The molecule has 4 N–H and O–H groups in total. The van der Waals surface area contributed by atoms with Gasteiger partial charge in [0.2, 0.25) is 5.91 Å². The van der Waals surface area contributed by atoms with Crippen molar-refractivity contribution in [1.29, 1.82) is 0 Å². The van der Waals surface area contributed by atoms with Crippen molar-refractivity contribution in [3.8, 4) is 0 Å². The predicted molar refractivity (Wildman–Crippen MR) is 92.3 cm³/mol. The number of sulfonamides is 1. The molecule has 0 aliphatic carbocycles. The second kappa shape index (κ2) is 7.55. The van der Waals surface area contributed by atoms with Crippen LogP contribution in [0.25, 0.3) is 0 Å². The zero-order valence-corrected chi connectivity index (χ0v) is 14.5. The minimum atomic E-state index is -4.08. The van der Waals surface area contributed by atoms with E-state index in [1.165, 1.54) is 12.1 Å². The fraction of sp³-hybridized carbons (Fsp3) is 0.188. The number of benzene rings is 2. The number of hydrogen-bond donors (Lipinski definition) is 4. The highest BCUT2D eigenvalue weighted by molar-refractivity contribution is 7.93. The first kappa shape index (κ1) is 19.1. The van der Waals surface area contributed by atoms with E-state index in [4.69, 9.17) is 0 Å². The minimum absolute atomic E-state index is 0.0291. The summed E-state index contributed by atoms with van der Waals surface area (Å²) in [5.74, 6) is -4.12. The number of halogens is 3. The number of anilines is 2. The predicted octanol–water partition coefficient (Wildman–Crippen LogP) is 1.53. The Morgan fingerprint density at radius 1 is 0.963 bits per heavy atom. The van der Waals surface area contributed by atoms with Gasteiger partial charge in [-0.1, -0.05) is 0 Å². The van der Waals surface area contributed by atoms with Crippen molar-refractivity contribution >= 4 is 27.3 Å². The molecule has 0 aromatic heterocycles. The van der Waals surface area contributed by atoms with Gasteiger partial charge in [0.25, 0.3) is 10.0 Å². The third kappa shape index (κ3) is 4.56. The van der Waals surface area contributed by atoms with E-state index in [9.17, 15) is 26.4 Å². The molecule has 3 rings (SSSR count). The van der Waals surface area contributed by atoms with Gasteiger partial charge in [-0.3, -0.25) is 14.9 Å². The van der Waals surface area contributed by atoms with E-state index < -0.39 is 44.7 Å². The minimum Gasteiger partial charge on any atom is -0.326 e. The Morgan fingerprint density at radius 3 is 2.22 bits per heavy atom. The van der Waals surface area contributed by atoms with Gasteiger partial charge in [-0.15, -0.1) is 0 Å². The van der Waals surface area contributed by atoms with Crippen molar-refractivity contribution < 1.29 is 26.4 Å². The fourth-order valence-corrected chi connectivity index (χ4v) is 4.09. The molecule has 7 nitrogen and oxygen atoms in total. The van der Waals surface area contributed by atoms with Gasteiger partial charge in [-0.05, 0) is 36.4 Å². The average molecular weight is 400 g/mol.